The summed E-state index contributed by atoms with van der Waals surface area (Å²) in [5.41, 5.74) is 7.38. The van der Waals surface area contributed by atoms with E-state index in [4.69, 9.17) is 15.2 Å². The highest BCUT2D eigenvalue weighted by Crippen LogP contribution is 2.17. The number of guanidine groups is 1. The van der Waals surface area contributed by atoms with E-state index in [2.05, 4.69) is 21.7 Å². The van der Waals surface area contributed by atoms with Crippen molar-refractivity contribution < 1.29 is 14.3 Å². The van der Waals surface area contributed by atoms with Gasteiger partial charge in [-0.05, 0) is 49.1 Å². The van der Waals surface area contributed by atoms with Crippen molar-refractivity contribution in [2.75, 3.05) is 33.4 Å². The van der Waals surface area contributed by atoms with Crippen LogP contribution in [0.15, 0.2) is 53.5 Å². The molecule has 2 aromatic carbocycles. The second-order valence-electron chi connectivity index (χ2n) is 6.40. The minimum absolute atomic E-state index is 0. The number of ether oxygens (including phenoxy) is 2. The average molecular weight is 526 g/mol. The van der Waals surface area contributed by atoms with E-state index in [0.717, 1.165) is 48.8 Å². The standard InChI is InChI=1S/C22H30N4O3.HI/c1-3-24-22(26-15-13-18-6-4-5-7-20(18)28-2)25-14-12-17-8-10-19(11-9-17)29-16-21(23)27;/h4-11H,3,12-16H2,1-2H3,(H2,23,27)(H2,24,25,26);1H. The Hall–Kier alpha value is -2.49. The molecule has 0 aliphatic heterocycles. The lowest BCUT2D eigenvalue weighted by Gasteiger charge is -2.12. The lowest BCUT2D eigenvalue weighted by Crippen LogP contribution is -2.38. The Morgan fingerprint density at radius 2 is 1.80 bits per heavy atom. The number of aliphatic imine (C=N–C) groups is 1. The molecule has 0 aliphatic rings. The lowest BCUT2D eigenvalue weighted by atomic mass is 10.1. The third kappa shape index (κ3) is 9.34. The summed E-state index contributed by atoms with van der Waals surface area (Å²) in [7, 11) is 1.68. The molecule has 0 aliphatic carbocycles. The number of para-hydroxylation sites is 1. The zero-order valence-corrected chi connectivity index (χ0v) is 19.8. The molecule has 2 aromatic rings. The van der Waals surface area contributed by atoms with E-state index in [1.807, 2.05) is 49.4 Å². The summed E-state index contributed by atoms with van der Waals surface area (Å²) in [6.07, 6.45) is 1.65. The molecule has 164 valence electrons. The molecule has 8 heteroatoms. The average Bonchev–Trinajstić information content (AvgIpc) is 2.73. The quantitative estimate of drug-likeness (QED) is 0.238. The summed E-state index contributed by atoms with van der Waals surface area (Å²) >= 11 is 0. The summed E-state index contributed by atoms with van der Waals surface area (Å²) in [6, 6.07) is 15.6. The molecule has 0 spiro atoms. The number of amides is 1. The first-order chi connectivity index (χ1) is 14.1. The molecule has 4 N–H and O–H groups in total. The van der Waals surface area contributed by atoms with Crippen LogP contribution in [-0.2, 0) is 17.6 Å². The fraction of sp³-hybridized carbons (Fsp3) is 0.364. The largest absolute Gasteiger partial charge is 0.496 e. The molecule has 0 aromatic heterocycles. The Kier molecular flexibility index (Phi) is 12.3. The summed E-state index contributed by atoms with van der Waals surface area (Å²) in [5.74, 6) is 1.83. The van der Waals surface area contributed by atoms with Gasteiger partial charge in [0.25, 0.3) is 5.91 Å². The number of hydrogen-bond donors (Lipinski definition) is 3. The first-order valence-electron chi connectivity index (χ1n) is 9.76. The monoisotopic (exact) mass is 526 g/mol. The zero-order chi connectivity index (χ0) is 20.9. The molecule has 0 atom stereocenters. The van der Waals surface area contributed by atoms with Crippen LogP contribution in [0.4, 0.5) is 0 Å². The van der Waals surface area contributed by atoms with Crippen LogP contribution in [0.1, 0.15) is 18.1 Å². The van der Waals surface area contributed by atoms with Crippen LogP contribution in [0.25, 0.3) is 0 Å². The van der Waals surface area contributed by atoms with Crippen LogP contribution in [-0.4, -0.2) is 45.2 Å². The number of hydrogen-bond acceptors (Lipinski definition) is 4. The lowest BCUT2D eigenvalue weighted by molar-refractivity contribution is -0.119. The summed E-state index contributed by atoms with van der Waals surface area (Å²) in [6.45, 7) is 4.15. The van der Waals surface area contributed by atoms with Gasteiger partial charge in [-0.15, -0.1) is 24.0 Å². The Morgan fingerprint density at radius 3 is 2.47 bits per heavy atom. The fourth-order valence-corrected chi connectivity index (χ4v) is 2.77. The molecular formula is C22H31IN4O3. The summed E-state index contributed by atoms with van der Waals surface area (Å²) in [4.78, 5) is 15.4. The highest BCUT2D eigenvalue weighted by Gasteiger charge is 2.03. The molecule has 2 rings (SSSR count). The van der Waals surface area contributed by atoms with Crippen molar-refractivity contribution in [2.24, 2.45) is 10.7 Å². The molecule has 0 bridgehead atoms. The van der Waals surface area contributed by atoms with Gasteiger partial charge in [0.05, 0.1) is 7.11 Å². The van der Waals surface area contributed by atoms with Crippen LogP contribution in [0.2, 0.25) is 0 Å². The van der Waals surface area contributed by atoms with Gasteiger partial charge in [-0.1, -0.05) is 30.3 Å². The highest BCUT2D eigenvalue weighted by molar-refractivity contribution is 14.0. The molecule has 0 radical (unpaired) electrons. The van der Waals surface area contributed by atoms with Gasteiger partial charge in [0, 0.05) is 19.6 Å². The van der Waals surface area contributed by atoms with Crippen LogP contribution >= 0.6 is 24.0 Å². The van der Waals surface area contributed by atoms with Gasteiger partial charge in [0.15, 0.2) is 12.6 Å². The van der Waals surface area contributed by atoms with Gasteiger partial charge in [0.2, 0.25) is 0 Å². The zero-order valence-electron chi connectivity index (χ0n) is 17.5. The maximum Gasteiger partial charge on any atom is 0.255 e. The molecule has 1 amide bonds. The van der Waals surface area contributed by atoms with Gasteiger partial charge in [-0.2, -0.15) is 0 Å². The molecule has 7 nitrogen and oxygen atoms in total. The topological polar surface area (TPSA) is 98.0 Å². The number of nitrogens with one attached hydrogen (secondary N) is 2. The molecule has 0 heterocycles. The predicted molar refractivity (Wildman–Crippen MR) is 131 cm³/mol. The molecule has 0 fully saturated rings. The number of benzene rings is 2. The van der Waals surface area contributed by atoms with E-state index >= 15 is 0 Å². The van der Waals surface area contributed by atoms with Crippen LogP contribution < -0.4 is 25.8 Å². The molecule has 0 saturated carbocycles. The van der Waals surface area contributed by atoms with Crippen LogP contribution in [0, 0.1) is 0 Å². The summed E-state index contributed by atoms with van der Waals surface area (Å²) < 4.78 is 10.7. The molecular weight excluding hydrogens is 495 g/mol. The number of methoxy groups -OCH3 is 1. The number of carbonyl (C=O) groups excluding carboxylic acids is 1. The van der Waals surface area contributed by atoms with Gasteiger partial charge >= 0.3 is 0 Å². The normalized spacial score (nSPS) is 10.7. The molecule has 30 heavy (non-hydrogen) atoms. The third-order valence-electron chi connectivity index (χ3n) is 4.20. The van der Waals surface area contributed by atoms with E-state index in [1.54, 1.807) is 7.11 Å². The Labute approximate surface area is 195 Å². The number of nitrogens with zero attached hydrogens (tertiary/aromatic N) is 1. The maximum absolute atomic E-state index is 10.8. The Balaban J connectivity index is 0.00000450. The minimum atomic E-state index is -0.487. The highest BCUT2D eigenvalue weighted by atomic mass is 127. The van der Waals surface area contributed by atoms with Crippen molar-refractivity contribution in [2.45, 2.75) is 19.8 Å². The number of halogens is 1. The van der Waals surface area contributed by atoms with Crippen molar-refractivity contribution >= 4 is 35.8 Å². The van der Waals surface area contributed by atoms with Gasteiger partial charge in [-0.3, -0.25) is 9.79 Å². The van der Waals surface area contributed by atoms with Crippen molar-refractivity contribution in [3.8, 4) is 11.5 Å². The Morgan fingerprint density at radius 1 is 1.07 bits per heavy atom. The third-order valence-corrected chi connectivity index (χ3v) is 4.20. The van der Waals surface area contributed by atoms with E-state index < -0.39 is 5.91 Å². The van der Waals surface area contributed by atoms with Gasteiger partial charge in [0.1, 0.15) is 11.5 Å². The predicted octanol–water partition coefficient (Wildman–Crippen LogP) is 2.52. The van der Waals surface area contributed by atoms with Crippen molar-refractivity contribution in [3.63, 3.8) is 0 Å². The number of nitrogens with two attached hydrogens (primary N) is 1. The van der Waals surface area contributed by atoms with Crippen molar-refractivity contribution in [1.82, 2.24) is 10.6 Å². The van der Waals surface area contributed by atoms with E-state index in [1.165, 1.54) is 0 Å². The SMILES string of the molecule is CCNC(=NCCc1ccccc1OC)NCCc1ccc(OCC(N)=O)cc1.I. The number of rotatable bonds is 11. The Bertz CT molecular complexity index is 797. The summed E-state index contributed by atoms with van der Waals surface area (Å²) in [5, 5.41) is 6.62. The maximum atomic E-state index is 10.8. The smallest absolute Gasteiger partial charge is 0.255 e. The van der Waals surface area contributed by atoms with E-state index in [-0.39, 0.29) is 30.6 Å². The first kappa shape index (κ1) is 25.5. The molecule has 0 unspecified atom stereocenters. The second-order valence-corrected chi connectivity index (χ2v) is 6.40. The van der Waals surface area contributed by atoms with E-state index in [9.17, 15) is 4.79 Å². The second kappa shape index (κ2) is 14.5. The molecule has 0 saturated heterocycles. The number of carbonyl (C=O) groups is 1. The van der Waals surface area contributed by atoms with Crippen molar-refractivity contribution in [1.29, 1.82) is 0 Å². The van der Waals surface area contributed by atoms with E-state index in [0.29, 0.717) is 12.3 Å². The van der Waals surface area contributed by atoms with Crippen LogP contribution in [0.5, 0.6) is 11.5 Å². The number of primary amides is 1. The minimum Gasteiger partial charge on any atom is -0.496 e. The van der Waals surface area contributed by atoms with Gasteiger partial charge < -0.3 is 25.8 Å². The van der Waals surface area contributed by atoms with Crippen molar-refractivity contribution in [3.05, 3.63) is 59.7 Å². The first-order valence-corrected chi connectivity index (χ1v) is 9.76. The fourth-order valence-electron chi connectivity index (χ4n) is 2.77. The van der Waals surface area contributed by atoms with Crippen LogP contribution in [0.3, 0.4) is 0 Å². The van der Waals surface area contributed by atoms with Gasteiger partial charge in [-0.25, -0.2) is 0 Å².